The molecule has 0 atom stereocenters. The number of hydrogen-bond donors (Lipinski definition) is 1. The summed E-state index contributed by atoms with van der Waals surface area (Å²) in [5.41, 5.74) is 0.582. The number of carbonyl (C=O) groups is 1. The molecule has 0 spiro atoms. The van der Waals surface area contributed by atoms with Crippen molar-refractivity contribution in [1.29, 1.82) is 0 Å². The molecule has 0 aromatic heterocycles. The van der Waals surface area contributed by atoms with Crippen LogP contribution in [-0.4, -0.2) is 62.7 Å². The number of piperidine rings is 1. The van der Waals surface area contributed by atoms with Crippen molar-refractivity contribution in [3.63, 3.8) is 0 Å². The molecule has 1 aromatic carbocycles. The Morgan fingerprint density at radius 1 is 1.04 bits per heavy atom. The van der Waals surface area contributed by atoms with E-state index >= 15 is 0 Å². The largest absolute Gasteiger partial charge is 0.342 e. The fraction of sp³-hybridized carbons (Fsp3) is 0.600. The Labute approximate surface area is 166 Å². The van der Waals surface area contributed by atoms with Crippen LogP contribution in [0.5, 0.6) is 0 Å². The minimum absolute atomic E-state index is 0.0973. The molecule has 0 radical (unpaired) electrons. The Morgan fingerprint density at radius 2 is 1.71 bits per heavy atom. The number of para-hydroxylation sites is 1. The molecule has 1 N–H and O–H groups in total. The highest BCUT2D eigenvalue weighted by molar-refractivity contribution is 7.90. The molecule has 152 valence electrons. The standard InChI is InChI=1S/C20H28N4O3S/c25-20(24-11-5-1-2-6-12-24)16-9-13-23(14-10-16)15-19-21-17-7-3-4-8-18(17)28(26,27)22-19/h3-4,7-8,16H,1-2,5-6,9-15H2,(H,21,22). The molecule has 8 heteroatoms. The third kappa shape index (κ3) is 4.22. The fourth-order valence-corrected chi connectivity index (χ4v) is 5.47. The Morgan fingerprint density at radius 3 is 2.43 bits per heavy atom. The fourth-order valence-electron chi connectivity index (χ4n) is 4.33. The van der Waals surface area contributed by atoms with E-state index in [1.165, 1.54) is 12.8 Å². The third-order valence-electron chi connectivity index (χ3n) is 5.90. The zero-order valence-corrected chi connectivity index (χ0v) is 17.0. The molecular weight excluding hydrogens is 376 g/mol. The van der Waals surface area contributed by atoms with Gasteiger partial charge in [-0.15, -0.1) is 4.40 Å². The van der Waals surface area contributed by atoms with Crippen LogP contribution >= 0.6 is 0 Å². The van der Waals surface area contributed by atoms with Gasteiger partial charge in [0.25, 0.3) is 10.0 Å². The average molecular weight is 405 g/mol. The van der Waals surface area contributed by atoms with Crippen molar-refractivity contribution in [3.05, 3.63) is 24.3 Å². The van der Waals surface area contributed by atoms with E-state index in [2.05, 4.69) is 19.5 Å². The Balaban J connectivity index is 1.34. The van der Waals surface area contributed by atoms with Gasteiger partial charge in [-0.2, -0.15) is 8.42 Å². The smallest absolute Gasteiger partial charge is 0.286 e. The number of fused-ring (bicyclic) bond motifs is 1. The summed E-state index contributed by atoms with van der Waals surface area (Å²) in [6.07, 6.45) is 6.34. The van der Waals surface area contributed by atoms with Crippen LogP contribution in [0.3, 0.4) is 0 Å². The van der Waals surface area contributed by atoms with Crippen LogP contribution < -0.4 is 5.32 Å². The van der Waals surface area contributed by atoms with Crippen molar-refractivity contribution >= 4 is 27.5 Å². The van der Waals surface area contributed by atoms with Gasteiger partial charge in [-0.05, 0) is 50.9 Å². The van der Waals surface area contributed by atoms with Crippen molar-refractivity contribution in [2.75, 3.05) is 38.0 Å². The first-order chi connectivity index (χ1) is 13.5. The quantitative estimate of drug-likeness (QED) is 0.836. The Bertz CT molecular complexity index is 852. The number of likely N-dealkylation sites (tertiary alicyclic amines) is 2. The minimum Gasteiger partial charge on any atom is -0.342 e. The lowest BCUT2D eigenvalue weighted by molar-refractivity contribution is -0.137. The summed E-state index contributed by atoms with van der Waals surface area (Å²) in [5, 5.41) is 3.15. The highest BCUT2D eigenvalue weighted by atomic mass is 32.2. The molecule has 0 unspecified atom stereocenters. The summed E-state index contributed by atoms with van der Waals surface area (Å²) >= 11 is 0. The molecule has 1 aromatic rings. The van der Waals surface area contributed by atoms with Gasteiger partial charge in [-0.25, -0.2) is 0 Å². The van der Waals surface area contributed by atoms with E-state index < -0.39 is 10.0 Å². The van der Waals surface area contributed by atoms with Crippen LogP contribution in [-0.2, 0) is 14.8 Å². The van der Waals surface area contributed by atoms with Crippen LogP contribution in [0.2, 0.25) is 0 Å². The average Bonchev–Trinajstić information content (AvgIpc) is 2.97. The summed E-state index contributed by atoms with van der Waals surface area (Å²) in [4.78, 5) is 17.3. The molecule has 4 rings (SSSR count). The SMILES string of the molecule is O=C(C1CCN(CC2=NS(=O)(=O)c3ccccc3N2)CC1)N1CCCCCC1. The second-order valence-electron chi connectivity index (χ2n) is 7.92. The van der Waals surface area contributed by atoms with Gasteiger partial charge in [0, 0.05) is 19.0 Å². The van der Waals surface area contributed by atoms with Crippen LogP contribution in [0.1, 0.15) is 38.5 Å². The van der Waals surface area contributed by atoms with Crippen LogP contribution in [0.4, 0.5) is 5.69 Å². The summed E-state index contributed by atoms with van der Waals surface area (Å²) in [7, 11) is -3.65. The number of sulfonamides is 1. The molecule has 3 aliphatic heterocycles. The summed E-state index contributed by atoms with van der Waals surface area (Å²) < 4.78 is 28.7. The lowest BCUT2D eigenvalue weighted by atomic mass is 9.95. The first-order valence-corrected chi connectivity index (χ1v) is 11.7. The number of benzene rings is 1. The molecule has 2 saturated heterocycles. The Kier molecular flexibility index (Phi) is 5.68. The van der Waals surface area contributed by atoms with Crippen LogP contribution in [0.25, 0.3) is 0 Å². The summed E-state index contributed by atoms with van der Waals surface area (Å²) in [6, 6.07) is 6.83. The second kappa shape index (κ2) is 8.21. The van der Waals surface area contributed by atoms with Crippen molar-refractivity contribution in [3.8, 4) is 0 Å². The predicted octanol–water partition coefficient (Wildman–Crippen LogP) is 2.31. The first kappa shape index (κ1) is 19.4. The summed E-state index contributed by atoms with van der Waals surface area (Å²) in [6.45, 7) is 3.82. The predicted molar refractivity (Wildman–Crippen MR) is 109 cm³/mol. The number of amidine groups is 1. The maximum absolute atomic E-state index is 12.8. The van der Waals surface area contributed by atoms with Gasteiger partial charge < -0.3 is 10.2 Å². The van der Waals surface area contributed by atoms with Gasteiger partial charge >= 0.3 is 0 Å². The molecular formula is C20H28N4O3S. The maximum Gasteiger partial charge on any atom is 0.286 e. The van der Waals surface area contributed by atoms with Crippen molar-refractivity contribution in [2.45, 2.75) is 43.4 Å². The molecule has 0 saturated carbocycles. The van der Waals surface area contributed by atoms with E-state index in [-0.39, 0.29) is 10.8 Å². The number of amides is 1. The first-order valence-electron chi connectivity index (χ1n) is 10.2. The molecule has 2 fully saturated rings. The molecule has 1 amide bonds. The van der Waals surface area contributed by atoms with E-state index in [4.69, 9.17) is 0 Å². The number of anilines is 1. The van der Waals surface area contributed by atoms with E-state index in [9.17, 15) is 13.2 Å². The highest BCUT2D eigenvalue weighted by Gasteiger charge is 2.30. The molecule has 3 aliphatic rings. The maximum atomic E-state index is 12.8. The molecule has 0 aliphatic carbocycles. The molecule has 3 heterocycles. The van der Waals surface area contributed by atoms with Crippen molar-refractivity contribution in [2.24, 2.45) is 10.3 Å². The van der Waals surface area contributed by atoms with Gasteiger partial charge in [0.2, 0.25) is 5.91 Å². The van der Waals surface area contributed by atoms with Gasteiger partial charge in [0.15, 0.2) is 0 Å². The number of nitrogens with one attached hydrogen (secondary N) is 1. The minimum atomic E-state index is -3.65. The van der Waals surface area contributed by atoms with Gasteiger partial charge in [-0.3, -0.25) is 9.69 Å². The van der Waals surface area contributed by atoms with Gasteiger partial charge in [0.05, 0.1) is 12.2 Å². The zero-order valence-electron chi connectivity index (χ0n) is 16.1. The number of rotatable bonds is 3. The van der Waals surface area contributed by atoms with Crippen molar-refractivity contribution < 1.29 is 13.2 Å². The van der Waals surface area contributed by atoms with Crippen LogP contribution in [0.15, 0.2) is 33.6 Å². The van der Waals surface area contributed by atoms with E-state index in [0.29, 0.717) is 24.0 Å². The molecule has 28 heavy (non-hydrogen) atoms. The second-order valence-corrected chi connectivity index (χ2v) is 9.50. The summed E-state index contributed by atoms with van der Waals surface area (Å²) in [5.74, 6) is 0.863. The van der Waals surface area contributed by atoms with E-state index in [1.54, 1.807) is 18.2 Å². The highest BCUT2D eigenvalue weighted by Crippen LogP contribution is 2.27. The van der Waals surface area contributed by atoms with Gasteiger partial charge in [-0.1, -0.05) is 25.0 Å². The topological polar surface area (TPSA) is 82.1 Å². The monoisotopic (exact) mass is 404 g/mol. The van der Waals surface area contributed by atoms with E-state index in [1.807, 2.05) is 6.07 Å². The third-order valence-corrected chi connectivity index (χ3v) is 7.27. The zero-order chi connectivity index (χ0) is 19.6. The van der Waals surface area contributed by atoms with Crippen LogP contribution in [0, 0.1) is 5.92 Å². The molecule has 0 bridgehead atoms. The Hall–Kier alpha value is -1.93. The van der Waals surface area contributed by atoms with E-state index in [0.717, 1.165) is 51.9 Å². The number of hydrogen-bond acceptors (Lipinski definition) is 5. The molecule has 7 nitrogen and oxygen atoms in total. The normalized spacial score (nSPS) is 23.3. The number of nitrogens with zero attached hydrogens (tertiary/aromatic N) is 3. The number of carbonyl (C=O) groups excluding carboxylic acids is 1. The lowest BCUT2D eigenvalue weighted by Gasteiger charge is -2.34. The van der Waals surface area contributed by atoms with Gasteiger partial charge in [0.1, 0.15) is 10.7 Å². The lowest BCUT2D eigenvalue weighted by Crippen LogP contribution is -2.45. The van der Waals surface area contributed by atoms with Crippen molar-refractivity contribution in [1.82, 2.24) is 9.80 Å².